The summed E-state index contributed by atoms with van der Waals surface area (Å²) in [5, 5.41) is 2.65. The molecule has 29 heavy (non-hydrogen) atoms. The van der Waals surface area contributed by atoms with Crippen LogP contribution in [0, 0.1) is 5.82 Å². The average molecular weight is 423 g/mol. The van der Waals surface area contributed by atoms with Gasteiger partial charge in [0.15, 0.2) is 5.17 Å². The Labute approximate surface area is 168 Å². The van der Waals surface area contributed by atoms with Gasteiger partial charge >= 0.3 is 0 Å². The van der Waals surface area contributed by atoms with Gasteiger partial charge in [-0.1, -0.05) is 11.8 Å². The summed E-state index contributed by atoms with van der Waals surface area (Å²) in [6.45, 7) is 0. The monoisotopic (exact) mass is 423 g/mol. The molecule has 1 aromatic heterocycles. The predicted molar refractivity (Wildman–Crippen MR) is 102 cm³/mol. The summed E-state index contributed by atoms with van der Waals surface area (Å²) >= 11 is 1.11. The lowest BCUT2D eigenvalue weighted by molar-refractivity contribution is -0.141. The van der Waals surface area contributed by atoms with Gasteiger partial charge in [-0.25, -0.2) is 23.1 Å². The molecule has 1 saturated carbocycles. The number of amides is 1. The number of hydrogen-bond acceptors (Lipinski definition) is 7. The Morgan fingerprint density at radius 1 is 1.34 bits per heavy atom. The van der Waals surface area contributed by atoms with Gasteiger partial charge in [0, 0.05) is 23.3 Å². The Morgan fingerprint density at radius 2 is 2.14 bits per heavy atom. The SMILES string of the molecule is COc1cnc(C(=O)Nc2ccc(F)c(C34CSC(N)=NC3C(F)(F)C4)c2)cn1. The molecule has 152 valence electrons. The normalized spacial score (nSPS) is 24.7. The van der Waals surface area contributed by atoms with Gasteiger partial charge in [0.2, 0.25) is 5.88 Å². The van der Waals surface area contributed by atoms with Crippen molar-refractivity contribution in [3.63, 3.8) is 0 Å². The highest BCUT2D eigenvalue weighted by atomic mass is 32.2. The average Bonchev–Trinajstić information content (AvgIpc) is 2.70. The highest BCUT2D eigenvalue weighted by Crippen LogP contribution is 2.59. The summed E-state index contributed by atoms with van der Waals surface area (Å²) in [6.07, 6.45) is 1.98. The highest BCUT2D eigenvalue weighted by molar-refractivity contribution is 8.13. The van der Waals surface area contributed by atoms with Gasteiger partial charge in [-0.15, -0.1) is 0 Å². The number of carbonyl (C=O) groups excluding carboxylic acids is 1. The van der Waals surface area contributed by atoms with E-state index in [1.165, 1.54) is 31.6 Å². The summed E-state index contributed by atoms with van der Waals surface area (Å²) in [5.74, 6) is -3.84. The maximum Gasteiger partial charge on any atom is 0.275 e. The fraction of sp³-hybridized carbons (Fsp3) is 0.333. The molecule has 0 radical (unpaired) electrons. The van der Waals surface area contributed by atoms with Crippen LogP contribution in [0.1, 0.15) is 22.5 Å². The molecule has 1 fully saturated rings. The number of nitrogens with zero attached hydrogens (tertiary/aromatic N) is 3. The molecule has 2 atom stereocenters. The Balaban J connectivity index is 1.62. The van der Waals surface area contributed by atoms with E-state index in [4.69, 9.17) is 10.5 Å². The Bertz CT molecular complexity index is 1000. The van der Waals surface area contributed by atoms with Crippen LogP contribution in [0.15, 0.2) is 35.6 Å². The number of aliphatic imine (C=N–C) groups is 1. The molecule has 0 saturated heterocycles. The van der Waals surface area contributed by atoms with Crippen LogP contribution in [0.2, 0.25) is 0 Å². The number of alkyl halides is 2. The first-order valence-corrected chi connectivity index (χ1v) is 9.55. The van der Waals surface area contributed by atoms with Crippen molar-refractivity contribution in [2.45, 2.75) is 23.8 Å². The van der Waals surface area contributed by atoms with Crippen molar-refractivity contribution >= 4 is 28.5 Å². The van der Waals surface area contributed by atoms with Gasteiger partial charge in [0.25, 0.3) is 11.8 Å². The minimum Gasteiger partial charge on any atom is -0.480 e. The highest BCUT2D eigenvalue weighted by Gasteiger charge is 2.68. The zero-order valence-electron chi connectivity index (χ0n) is 15.2. The molecular formula is C18H16F3N5O2S. The van der Waals surface area contributed by atoms with Crippen molar-refractivity contribution < 1.29 is 22.7 Å². The maximum absolute atomic E-state index is 14.6. The number of nitrogens with two attached hydrogens (primary N) is 1. The molecule has 1 aliphatic heterocycles. The first kappa shape index (κ1) is 19.5. The fourth-order valence-corrected chi connectivity index (χ4v) is 4.64. The number of ether oxygens (including phenoxy) is 1. The number of carbonyl (C=O) groups is 1. The molecule has 2 aromatic rings. The summed E-state index contributed by atoms with van der Waals surface area (Å²) in [6, 6.07) is 2.43. The lowest BCUT2D eigenvalue weighted by atomic mass is 9.59. The number of thioether (sulfide) groups is 1. The second kappa shape index (κ2) is 6.90. The van der Waals surface area contributed by atoms with Crippen LogP contribution in [0.25, 0.3) is 0 Å². The topological polar surface area (TPSA) is 102 Å². The van der Waals surface area contributed by atoms with Gasteiger partial charge in [-0.3, -0.25) is 9.79 Å². The first-order chi connectivity index (χ1) is 13.7. The predicted octanol–water partition coefficient (Wildman–Crippen LogP) is 2.58. The van der Waals surface area contributed by atoms with E-state index in [9.17, 15) is 18.0 Å². The number of methoxy groups -OCH3 is 1. The van der Waals surface area contributed by atoms with Crippen molar-refractivity contribution in [2.24, 2.45) is 10.7 Å². The number of amidine groups is 1. The number of fused-ring (bicyclic) bond motifs is 1. The van der Waals surface area contributed by atoms with Crippen LogP contribution < -0.4 is 15.8 Å². The molecule has 2 aliphatic rings. The van der Waals surface area contributed by atoms with E-state index in [1.807, 2.05) is 0 Å². The zero-order valence-corrected chi connectivity index (χ0v) is 16.0. The second-order valence-electron chi connectivity index (χ2n) is 6.85. The largest absolute Gasteiger partial charge is 0.480 e. The zero-order chi connectivity index (χ0) is 20.8. The summed E-state index contributed by atoms with van der Waals surface area (Å²) < 4.78 is 47.7. The third kappa shape index (κ3) is 3.28. The van der Waals surface area contributed by atoms with Crippen LogP contribution in [0.3, 0.4) is 0 Å². The van der Waals surface area contributed by atoms with E-state index in [0.717, 1.165) is 17.8 Å². The minimum atomic E-state index is -3.06. The standard InChI is InChI=1S/C18H16F3N5O2S/c1-28-13-6-23-12(5-24-13)14(27)25-9-2-3-11(19)10(4-9)17-7-18(20,21)15(17)26-16(22)29-8-17/h2-6,15H,7-8H2,1H3,(H2,22,26)(H,25,27). The molecule has 4 rings (SSSR count). The minimum absolute atomic E-state index is 0.0217. The van der Waals surface area contributed by atoms with Crippen LogP contribution in [-0.2, 0) is 5.41 Å². The lowest BCUT2D eigenvalue weighted by Gasteiger charge is -2.54. The summed E-state index contributed by atoms with van der Waals surface area (Å²) in [7, 11) is 1.42. The van der Waals surface area contributed by atoms with Crippen LogP contribution in [0.5, 0.6) is 5.88 Å². The van der Waals surface area contributed by atoms with Crippen LogP contribution in [0.4, 0.5) is 18.9 Å². The van der Waals surface area contributed by atoms with Gasteiger partial charge in [-0.2, -0.15) is 0 Å². The van der Waals surface area contributed by atoms with Crippen LogP contribution >= 0.6 is 11.8 Å². The quantitative estimate of drug-likeness (QED) is 0.784. The number of halogens is 3. The third-order valence-electron chi connectivity index (χ3n) is 5.04. The molecule has 2 unspecified atom stereocenters. The fourth-order valence-electron chi connectivity index (χ4n) is 3.64. The van der Waals surface area contributed by atoms with Gasteiger partial charge in [0.05, 0.1) is 19.5 Å². The van der Waals surface area contributed by atoms with Gasteiger partial charge in [-0.05, 0) is 23.8 Å². The van der Waals surface area contributed by atoms with Gasteiger partial charge < -0.3 is 15.8 Å². The van der Waals surface area contributed by atoms with E-state index in [0.29, 0.717) is 0 Å². The molecule has 7 nitrogen and oxygen atoms in total. The van der Waals surface area contributed by atoms with Gasteiger partial charge in [0.1, 0.15) is 17.6 Å². The lowest BCUT2D eigenvalue weighted by Crippen LogP contribution is -2.66. The maximum atomic E-state index is 14.6. The summed E-state index contributed by atoms with van der Waals surface area (Å²) in [5.41, 5.74) is 4.78. The molecule has 0 spiro atoms. The molecule has 11 heteroatoms. The number of hydrogen-bond donors (Lipinski definition) is 2. The Kier molecular flexibility index (Phi) is 4.64. The number of rotatable bonds is 4. The smallest absolute Gasteiger partial charge is 0.275 e. The molecule has 1 aromatic carbocycles. The van der Waals surface area contributed by atoms with Crippen molar-refractivity contribution in [1.82, 2.24) is 9.97 Å². The third-order valence-corrected chi connectivity index (χ3v) is 6.10. The van der Waals surface area contributed by atoms with E-state index < -0.39 is 35.5 Å². The van der Waals surface area contributed by atoms with E-state index in [2.05, 4.69) is 20.3 Å². The molecule has 1 amide bonds. The number of nitrogens with one attached hydrogen (secondary N) is 1. The van der Waals surface area contributed by atoms with E-state index in [1.54, 1.807) is 0 Å². The number of aromatic nitrogens is 2. The van der Waals surface area contributed by atoms with E-state index in [-0.39, 0.29) is 33.7 Å². The molecule has 0 bridgehead atoms. The second-order valence-corrected chi connectivity index (χ2v) is 7.84. The molecule has 3 N–H and O–H groups in total. The summed E-state index contributed by atoms with van der Waals surface area (Å²) in [4.78, 5) is 24.1. The molecule has 2 heterocycles. The Hall–Kier alpha value is -2.82. The first-order valence-electron chi connectivity index (χ1n) is 8.56. The van der Waals surface area contributed by atoms with Crippen molar-refractivity contribution in [3.05, 3.63) is 47.7 Å². The molecular weight excluding hydrogens is 407 g/mol. The van der Waals surface area contributed by atoms with Crippen molar-refractivity contribution in [2.75, 3.05) is 18.2 Å². The number of anilines is 1. The van der Waals surface area contributed by atoms with Crippen molar-refractivity contribution in [3.8, 4) is 5.88 Å². The molecule has 1 aliphatic carbocycles. The van der Waals surface area contributed by atoms with E-state index >= 15 is 0 Å². The van der Waals surface area contributed by atoms with Crippen molar-refractivity contribution in [1.29, 1.82) is 0 Å². The van der Waals surface area contributed by atoms with Crippen LogP contribution in [-0.4, -0.2) is 45.9 Å². The number of benzene rings is 1. The Morgan fingerprint density at radius 3 is 2.79 bits per heavy atom.